The molecule has 8 heteroatoms. The fraction of sp³-hybridized carbons (Fsp3) is 0.588. The van der Waals surface area contributed by atoms with Crippen LogP contribution in [0, 0.1) is 5.82 Å². The lowest BCUT2D eigenvalue weighted by Crippen LogP contribution is -2.39. The van der Waals surface area contributed by atoms with E-state index in [1.807, 2.05) is 0 Å². The Balaban J connectivity index is 0.00000312. The van der Waals surface area contributed by atoms with E-state index in [2.05, 4.69) is 15.6 Å². The fourth-order valence-electron chi connectivity index (χ4n) is 2.43. The van der Waals surface area contributed by atoms with Crippen LogP contribution in [0.2, 0.25) is 5.02 Å². The van der Waals surface area contributed by atoms with Crippen LogP contribution in [0.5, 0.6) is 0 Å². The first-order valence-corrected chi connectivity index (χ1v) is 8.64. The molecule has 25 heavy (non-hydrogen) atoms. The van der Waals surface area contributed by atoms with Crippen LogP contribution in [0.1, 0.15) is 18.4 Å². The summed E-state index contributed by atoms with van der Waals surface area (Å²) in [6.45, 7) is 3.68. The second-order valence-corrected chi connectivity index (χ2v) is 6.03. The standard InChI is InChI=1S/C17H25ClFN3O2.HI/c1-20-17(21-7-2-9-24-15-6-10-23-12-15)22-8-5-13-3-4-14(19)11-16(13)18;/h3-4,11,15H,2,5-10,12H2,1H3,(H2,20,21,22);1H. The topological polar surface area (TPSA) is 54.9 Å². The highest BCUT2D eigenvalue weighted by atomic mass is 127. The Labute approximate surface area is 170 Å². The Morgan fingerprint density at radius 2 is 2.20 bits per heavy atom. The highest BCUT2D eigenvalue weighted by Crippen LogP contribution is 2.17. The molecule has 1 aromatic carbocycles. The molecule has 1 unspecified atom stereocenters. The van der Waals surface area contributed by atoms with Gasteiger partial charge in [0.25, 0.3) is 0 Å². The van der Waals surface area contributed by atoms with E-state index in [9.17, 15) is 4.39 Å². The van der Waals surface area contributed by atoms with Crippen LogP contribution in [-0.2, 0) is 15.9 Å². The van der Waals surface area contributed by atoms with Crippen LogP contribution in [0.25, 0.3) is 0 Å². The molecule has 1 aromatic rings. The summed E-state index contributed by atoms with van der Waals surface area (Å²) < 4.78 is 24.0. The number of rotatable bonds is 8. The maximum absolute atomic E-state index is 13.0. The SMILES string of the molecule is CN=C(NCCCOC1CCOC1)NCCc1ccc(F)cc1Cl.I. The predicted molar refractivity (Wildman–Crippen MR) is 110 cm³/mol. The van der Waals surface area contributed by atoms with Crippen molar-refractivity contribution < 1.29 is 13.9 Å². The quantitative estimate of drug-likeness (QED) is 0.257. The first kappa shape index (κ1) is 22.4. The molecule has 0 saturated carbocycles. The number of hydrogen-bond acceptors (Lipinski definition) is 3. The third kappa shape index (κ3) is 8.52. The van der Waals surface area contributed by atoms with Crippen molar-refractivity contribution >= 4 is 41.5 Å². The monoisotopic (exact) mass is 485 g/mol. The smallest absolute Gasteiger partial charge is 0.190 e. The van der Waals surface area contributed by atoms with Gasteiger partial charge >= 0.3 is 0 Å². The molecule has 0 aliphatic carbocycles. The van der Waals surface area contributed by atoms with Crippen molar-refractivity contribution in [1.82, 2.24) is 10.6 Å². The van der Waals surface area contributed by atoms with Gasteiger partial charge in [0.15, 0.2) is 5.96 Å². The lowest BCUT2D eigenvalue weighted by molar-refractivity contribution is 0.0420. The average molecular weight is 486 g/mol. The van der Waals surface area contributed by atoms with Gasteiger partial charge in [0, 0.05) is 38.4 Å². The zero-order chi connectivity index (χ0) is 17.2. The van der Waals surface area contributed by atoms with Crippen LogP contribution in [0.4, 0.5) is 4.39 Å². The third-order valence-electron chi connectivity index (χ3n) is 3.78. The summed E-state index contributed by atoms with van der Waals surface area (Å²) in [6.07, 6.45) is 2.84. The number of aliphatic imine (C=N–C) groups is 1. The van der Waals surface area contributed by atoms with Crippen LogP contribution in [0.15, 0.2) is 23.2 Å². The van der Waals surface area contributed by atoms with Crippen molar-refractivity contribution in [2.24, 2.45) is 4.99 Å². The molecular weight excluding hydrogens is 460 g/mol. The molecule has 2 rings (SSSR count). The molecule has 0 aromatic heterocycles. The number of ether oxygens (including phenoxy) is 2. The minimum atomic E-state index is -0.319. The molecule has 142 valence electrons. The highest BCUT2D eigenvalue weighted by molar-refractivity contribution is 14.0. The molecular formula is C17H26ClFIN3O2. The highest BCUT2D eigenvalue weighted by Gasteiger charge is 2.15. The molecule has 0 radical (unpaired) electrons. The summed E-state index contributed by atoms with van der Waals surface area (Å²) in [5.41, 5.74) is 0.910. The minimum absolute atomic E-state index is 0. The summed E-state index contributed by atoms with van der Waals surface area (Å²) in [7, 11) is 1.73. The van der Waals surface area contributed by atoms with Gasteiger partial charge < -0.3 is 20.1 Å². The normalized spacial score (nSPS) is 17.2. The van der Waals surface area contributed by atoms with E-state index in [0.717, 1.165) is 37.5 Å². The summed E-state index contributed by atoms with van der Waals surface area (Å²) in [6, 6.07) is 4.46. The molecule has 1 fully saturated rings. The molecule has 1 atom stereocenters. The van der Waals surface area contributed by atoms with Crippen molar-refractivity contribution in [1.29, 1.82) is 0 Å². The number of guanidine groups is 1. The van der Waals surface area contributed by atoms with E-state index in [1.165, 1.54) is 12.1 Å². The minimum Gasteiger partial charge on any atom is -0.379 e. The van der Waals surface area contributed by atoms with Crippen LogP contribution < -0.4 is 10.6 Å². The van der Waals surface area contributed by atoms with Crippen molar-refractivity contribution in [2.75, 3.05) is 40.0 Å². The molecule has 0 amide bonds. The average Bonchev–Trinajstić information content (AvgIpc) is 3.08. The van der Waals surface area contributed by atoms with E-state index < -0.39 is 0 Å². The Morgan fingerprint density at radius 1 is 1.40 bits per heavy atom. The Kier molecular flexibility index (Phi) is 11.4. The van der Waals surface area contributed by atoms with Crippen LogP contribution in [0.3, 0.4) is 0 Å². The summed E-state index contributed by atoms with van der Waals surface area (Å²) >= 11 is 6.01. The van der Waals surface area contributed by atoms with Crippen LogP contribution >= 0.6 is 35.6 Å². The zero-order valence-corrected chi connectivity index (χ0v) is 17.5. The second kappa shape index (κ2) is 12.7. The Morgan fingerprint density at radius 3 is 2.88 bits per heavy atom. The van der Waals surface area contributed by atoms with Crippen molar-refractivity contribution in [3.8, 4) is 0 Å². The molecule has 1 heterocycles. The van der Waals surface area contributed by atoms with Gasteiger partial charge in [0.1, 0.15) is 5.82 Å². The van der Waals surface area contributed by atoms with Gasteiger partial charge in [-0.15, -0.1) is 24.0 Å². The van der Waals surface area contributed by atoms with E-state index >= 15 is 0 Å². The van der Waals surface area contributed by atoms with Gasteiger partial charge in [0.05, 0.1) is 12.7 Å². The van der Waals surface area contributed by atoms with Gasteiger partial charge in [0.2, 0.25) is 0 Å². The fourth-order valence-corrected chi connectivity index (χ4v) is 2.70. The Bertz CT molecular complexity index is 543. The van der Waals surface area contributed by atoms with E-state index in [0.29, 0.717) is 31.2 Å². The molecule has 1 aliphatic rings. The molecule has 5 nitrogen and oxygen atoms in total. The van der Waals surface area contributed by atoms with Gasteiger partial charge in [-0.05, 0) is 37.0 Å². The largest absolute Gasteiger partial charge is 0.379 e. The number of halogens is 3. The number of nitrogens with one attached hydrogen (secondary N) is 2. The third-order valence-corrected chi connectivity index (χ3v) is 4.13. The van der Waals surface area contributed by atoms with Gasteiger partial charge in [-0.1, -0.05) is 17.7 Å². The lowest BCUT2D eigenvalue weighted by Gasteiger charge is -2.13. The zero-order valence-electron chi connectivity index (χ0n) is 14.4. The summed E-state index contributed by atoms with van der Waals surface area (Å²) in [5.74, 6) is 0.415. The Hall–Kier alpha value is -0.640. The van der Waals surface area contributed by atoms with Crippen molar-refractivity contribution in [3.05, 3.63) is 34.6 Å². The van der Waals surface area contributed by atoms with Crippen LogP contribution in [-0.4, -0.2) is 52.0 Å². The predicted octanol–water partition coefficient (Wildman–Crippen LogP) is 3.00. The molecule has 0 bridgehead atoms. The summed E-state index contributed by atoms with van der Waals surface area (Å²) in [5, 5.41) is 6.91. The molecule has 0 spiro atoms. The maximum atomic E-state index is 13.0. The van der Waals surface area contributed by atoms with E-state index in [-0.39, 0.29) is 35.9 Å². The number of nitrogens with zero attached hydrogens (tertiary/aromatic N) is 1. The van der Waals surface area contributed by atoms with E-state index in [1.54, 1.807) is 13.1 Å². The maximum Gasteiger partial charge on any atom is 0.190 e. The van der Waals surface area contributed by atoms with E-state index in [4.69, 9.17) is 21.1 Å². The van der Waals surface area contributed by atoms with Gasteiger partial charge in [-0.2, -0.15) is 0 Å². The molecule has 1 saturated heterocycles. The lowest BCUT2D eigenvalue weighted by atomic mass is 10.1. The van der Waals surface area contributed by atoms with Gasteiger partial charge in [-0.25, -0.2) is 4.39 Å². The summed E-state index contributed by atoms with van der Waals surface area (Å²) in [4.78, 5) is 4.17. The number of hydrogen-bond donors (Lipinski definition) is 2. The van der Waals surface area contributed by atoms with Crippen molar-refractivity contribution in [2.45, 2.75) is 25.4 Å². The second-order valence-electron chi connectivity index (χ2n) is 5.62. The molecule has 1 aliphatic heterocycles. The first-order chi connectivity index (χ1) is 11.7. The number of benzene rings is 1. The van der Waals surface area contributed by atoms with Crippen molar-refractivity contribution in [3.63, 3.8) is 0 Å². The van der Waals surface area contributed by atoms with Gasteiger partial charge in [-0.3, -0.25) is 4.99 Å². The molecule has 2 N–H and O–H groups in total. The first-order valence-electron chi connectivity index (χ1n) is 8.27.